The van der Waals surface area contributed by atoms with Gasteiger partial charge in [0.05, 0.1) is 0 Å². The van der Waals surface area contributed by atoms with Gasteiger partial charge in [0.25, 0.3) is 0 Å². The van der Waals surface area contributed by atoms with E-state index in [9.17, 15) is 14.3 Å². The molecule has 0 aromatic heterocycles. The van der Waals surface area contributed by atoms with Crippen LogP contribution in [0.1, 0.15) is 38.3 Å². The summed E-state index contributed by atoms with van der Waals surface area (Å²) in [5.41, 5.74) is 0.630. The second-order valence-electron chi connectivity index (χ2n) is 4.33. The predicted molar refractivity (Wildman–Crippen MR) is 68.9 cm³/mol. The Morgan fingerprint density at radius 3 is 2.11 bits per heavy atom. The van der Waals surface area contributed by atoms with Crippen molar-refractivity contribution in [3.63, 3.8) is 0 Å². The van der Waals surface area contributed by atoms with Crippen LogP contribution >= 0.6 is 0 Å². The number of hydrogen-bond donors (Lipinski definition) is 1. The minimum Gasteiger partial charge on any atom is -0.480 e. The molecule has 1 N–H and O–H groups in total. The molecule has 0 saturated carbocycles. The topological polar surface area (TPSA) is 40.5 Å². The standard InChI is InChI=1S/C14H20FNO2/c1-3-9-16(10-4-2)13(14(17)18)11-5-7-12(15)8-6-11/h5-8,13H,3-4,9-10H2,1-2H3,(H,17,18). The summed E-state index contributed by atoms with van der Waals surface area (Å²) in [5.74, 6) is -1.23. The third-order valence-corrected chi connectivity index (χ3v) is 2.81. The number of benzene rings is 1. The number of hydrogen-bond acceptors (Lipinski definition) is 2. The Bertz CT molecular complexity index is 372. The molecule has 1 atom stereocenters. The van der Waals surface area contributed by atoms with Crippen molar-refractivity contribution in [2.24, 2.45) is 0 Å². The van der Waals surface area contributed by atoms with Gasteiger partial charge in [-0.25, -0.2) is 4.39 Å². The lowest BCUT2D eigenvalue weighted by atomic mass is 10.0. The van der Waals surface area contributed by atoms with Crippen molar-refractivity contribution in [1.29, 1.82) is 0 Å². The zero-order valence-electron chi connectivity index (χ0n) is 10.9. The molecule has 4 heteroatoms. The average molecular weight is 253 g/mol. The first-order valence-electron chi connectivity index (χ1n) is 6.32. The largest absolute Gasteiger partial charge is 0.480 e. The molecule has 18 heavy (non-hydrogen) atoms. The van der Waals surface area contributed by atoms with Crippen molar-refractivity contribution in [3.05, 3.63) is 35.6 Å². The zero-order chi connectivity index (χ0) is 13.5. The molecule has 1 unspecified atom stereocenters. The molecule has 1 aromatic rings. The smallest absolute Gasteiger partial charge is 0.325 e. The second kappa shape index (κ2) is 7.11. The van der Waals surface area contributed by atoms with Crippen LogP contribution in [0.15, 0.2) is 24.3 Å². The zero-order valence-corrected chi connectivity index (χ0v) is 10.9. The van der Waals surface area contributed by atoms with E-state index in [2.05, 4.69) is 0 Å². The fraction of sp³-hybridized carbons (Fsp3) is 0.500. The number of halogens is 1. The Hall–Kier alpha value is -1.42. The number of carboxylic acid groups (broad SMARTS) is 1. The minimum atomic E-state index is -0.886. The minimum absolute atomic E-state index is 0.347. The van der Waals surface area contributed by atoms with Gasteiger partial charge < -0.3 is 5.11 Å². The van der Waals surface area contributed by atoms with Crippen molar-refractivity contribution in [3.8, 4) is 0 Å². The molecule has 0 bridgehead atoms. The molecule has 0 radical (unpaired) electrons. The van der Waals surface area contributed by atoms with Crippen LogP contribution < -0.4 is 0 Å². The predicted octanol–water partition coefficient (Wildman–Crippen LogP) is 3.07. The molecular weight excluding hydrogens is 233 g/mol. The summed E-state index contributed by atoms with van der Waals surface area (Å²) in [5, 5.41) is 9.38. The average Bonchev–Trinajstić information content (AvgIpc) is 2.32. The van der Waals surface area contributed by atoms with Crippen LogP contribution in [0.25, 0.3) is 0 Å². The molecule has 0 spiro atoms. The van der Waals surface area contributed by atoms with E-state index in [1.165, 1.54) is 12.1 Å². The van der Waals surface area contributed by atoms with Gasteiger partial charge in [-0.1, -0.05) is 26.0 Å². The number of rotatable bonds is 7. The first kappa shape index (κ1) is 14.6. The third-order valence-electron chi connectivity index (χ3n) is 2.81. The van der Waals surface area contributed by atoms with Gasteiger partial charge in [0.1, 0.15) is 11.9 Å². The molecule has 1 aromatic carbocycles. The Morgan fingerprint density at radius 2 is 1.72 bits per heavy atom. The Labute approximate surface area is 107 Å². The summed E-state index contributed by atoms with van der Waals surface area (Å²) in [6, 6.07) is 5.02. The van der Waals surface area contributed by atoms with Crippen molar-refractivity contribution < 1.29 is 14.3 Å². The maximum absolute atomic E-state index is 12.9. The van der Waals surface area contributed by atoms with Gasteiger partial charge in [-0.05, 0) is 43.6 Å². The Kier molecular flexibility index (Phi) is 5.78. The number of aliphatic carboxylic acids is 1. The molecule has 3 nitrogen and oxygen atoms in total. The first-order chi connectivity index (χ1) is 8.60. The Morgan fingerprint density at radius 1 is 1.22 bits per heavy atom. The molecular formula is C14H20FNO2. The summed E-state index contributed by atoms with van der Waals surface area (Å²) in [7, 11) is 0. The summed E-state index contributed by atoms with van der Waals surface area (Å²) < 4.78 is 12.9. The third kappa shape index (κ3) is 3.81. The number of nitrogens with zero attached hydrogens (tertiary/aromatic N) is 1. The van der Waals surface area contributed by atoms with Crippen molar-refractivity contribution in [2.45, 2.75) is 32.7 Å². The lowest BCUT2D eigenvalue weighted by Crippen LogP contribution is -2.35. The molecule has 0 fully saturated rings. The number of carboxylic acids is 1. The highest BCUT2D eigenvalue weighted by Gasteiger charge is 2.26. The van der Waals surface area contributed by atoms with E-state index in [1.807, 2.05) is 18.7 Å². The van der Waals surface area contributed by atoms with Crippen LogP contribution in [0.5, 0.6) is 0 Å². The van der Waals surface area contributed by atoms with Crippen molar-refractivity contribution >= 4 is 5.97 Å². The van der Waals surface area contributed by atoms with E-state index < -0.39 is 12.0 Å². The highest BCUT2D eigenvalue weighted by molar-refractivity contribution is 5.75. The maximum atomic E-state index is 12.9. The molecule has 0 heterocycles. The van der Waals surface area contributed by atoms with Crippen LogP contribution in [0.4, 0.5) is 4.39 Å². The van der Waals surface area contributed by atoms with Gasteiger partial charge in [0.2, 0.25) is 0 Å². The van der Waals surface area contributed by atoms with Crippen LogP contribution in [0, 0.1) is 5.82 Å². The normalized spacial score (nSPS) is 12.7. The van der Waals surface area contributed by atoms with E-state index in [4.69, 9.17) is 0 Å². The van der Waals surface area contributed by atoms with Gasteiger partial charge in [-0.2, -0.15) is 0 Å². The molecule has 0 aliphatic rings. The van der Waals surface area contributed by atoms with Crippen LogP contribution in [0.3, 0.4) is 0 Å². The molecule has 0 aliphatic heterocycles. The van der Waals surface area contributed by atoms with Gasteiger partial charge in [-0.3, -0.25) is 9.69 Å². The van der Waals surface area contributed by atoms with Crippen molar-refractivity contribution in [2.75, 3.05) is 13.1 Å². The number of carbonyl (C=O) groups is 1. The summed E-state index contributed by atoms with van der Waals surface area (Å²) in [6.07, 6.45) is 1.79. The van der Waals surface area contributed by atoms with Gasteiger partial charge in [-0.15, -0.1) is 0 Å². The monoisotopic (exact) mass is 253 g/mol. The summed E-state index contributed by atoms with van der Waals surface area (Å²) in [6.45, 7) is 5.49. The molecule has 0 aliphatic carbocycles. The second-order valence-corrected chi connectivity index (χ2v) is 4.33. The lowest BCUT2D eigenvalue weighted by molar-refractivity contribution is -0.143. The molecule has 0 saturated heterocycles. The van der Waals surface area contributed by atoms with Crippen LogP contribution in [-0.2, 0) is 4.79 Å². The summed E-state index contributed by atoms with van der Waals surface area (Å²) in [4.78, 5) is 13.4. The van der Waals surface area contributed by atoms with E-state index in [-0.39, 0.29) is 5.82 Å². The van der Waals surface area contributed by atoms with Gasteiger partial charge in [0.15, 0.2) is 0 Å². The fourth-order valence-electron chi connectivity index (χ4n) is 2.10. The maximum Gasteiger partial charge on any atom is 0.325 e. The highest BCUT2D eigenvalue weighted by atomic mass is 19.1. The van der Waals surface area contributed by atoms with Gasteiger partial charge in [0, 0.05) is 0 Å². The van der Waals surface area contributed by atoms with E-state index in [1.54, 1.807) is 12.1 Å². The van der Waals surface area contributed by atoms with Crippen LogP contribution in [0.2, 0.25) is 0 Å². The summed E-state index contributed by atoms with van der Waals surface area (Å²) >= 11 is 0. The van der Waals surface area contributed by atoms with E-state index >= 15 is 0 Å². The van der Waals surface area contributed by atoms with E-state index in [0.29, 0.717) is 5.56 Å². The first-order valence-corrected chi connectivity index (χ1v) is 6.32. The Balaban J connectivity index is 2.99. The highest BCUT2D eigenvalue weighted by Crippen LogP contribution is 2.22. The SMILES string of the molecule is CCCN(CCC)C(C(=O)O)c1ccc(F)cc1. The van der Waals surface area contributed by atoms with E-state index in [0.717, 1.165) is 25.9 Å². The molecule has 0 amide bonds. The lowest BCUT2D eigenvalue weighted by Gasteiger charge is -2.28. The quantitative estimate of drug-likeness (QED) is 0.811. The van der Waals surface area contributed by atoms with Gasteiger partial charge >= 0.3 is 5.97 Å². The van der Waals surface area contributed by atoms with Crippen molar-refractivity contribution in [1.82, 2.24) is 4.90 Å². The van der Waals surface area contributed by atoms with Crippen LogP contribution in [-0.4, -0.2) is 29.1 Å². The molecule has 1 rings (SSSR count). The fourth-order valence-corrected chi connectivity index (χ4v) is 2.10. The molecule has 100 valence electrons.